The molecule has 0 aromatic heterocycles. The summed E-state index contributed by atoms with van der Waals surface area (Å²) in [4.78, 5) is 0. The maximum absolute atomic E-state index is 13.2. The van der Waals surface area contributed by atoms with Gasteiger partial charge in [0.25, 0.3) is 0 Å². The second-order valence-electron chi connectivity index (χ2n) is 4.64. The highest BCUT2D eigenvalue weighted by Crippen LogP contribution is 2.39. The average molecular weight is 207 g/mol. The molecule has 0 aliphatic heterocycles. The molecule has 2 heteroatoms. The summed E-state index contributed by atoms with van der Waals surface area (Å²) in [6.45, 7) is 2.24. The summed E-state index contributed by atoms with van der Waals surface area (Å²) < 4.78 is 13.2. The van der Waals surface area contributed by atoms with E-state index in [0.29, 0.717) is 11.8 Å². The van der Waals surface area contributed by atoms with Crippen molar-refractivity contribution in [3.05, 3.63) is 29.6 Å². The third kappa shape index (κ3) is 2.14. The molecule has 2 N–H and O–H groups in total. The number of nitrogen functional groups attached to an aromatic ring is 1. The minimum Gasteiger partial charge on any atom is -0.398 e. The standard InChI is InChI=1S/C13H18FN/c1-9-4-2-3-5-11(9)12-8-10(14)6-7-13(12)15/h6-9,11H,2-5,15H2,1H3. The van der Waals surface area contributed by atoms with Crippen LogP contribution < -0.4 is 5.73 Å². The Bertz CT molecular complexity index is 348. The van der Waals surface area contributed by atoms with Crippen LogP contribution in [-0.4, -0.2) is 0 Å². The second-order valence-corrected chi connectivity index (χ2v) is 4.64. The minimum atomic E-state index is -0.169. The van der Waals surface area contributed by atoms with E-state index in [-0.39, 0.29) is 5.82 Å². The predicted molar refractivity (Wildman–Crippen MR) is 61.2 cm³/mol. The van der Waals surface area contributed by atoms with Crippen LogP contribution in [0, 0.1) is 11.7 Å². The third-order valence-corrected chi connectivity index (χ3v) is 3.56. The number of halogens is 1. The molecule has 1 aliphatic carbocycles. The van der Waals surface area contributed by atoms with Crippen LogP contribution in [0.2, 0.25) is 0 Å². The van der Waals surface area contributed by atoms with Crippen LogP contribution in [-0.2, 0) is 0 Å². The first kappa shape index (κ1) is 10.5. The average Bonchev–Trinajstić information content (AvgIpc) is 2.23. The zero-order chi connectivity index (χ0) is 10.8. The fourth-order valence-corrected chi connectivity index (χ4v) is 2.65. The summed E-state index contributed by atoms with van der Waals surface area (Å²) in [5, 5.41) is 0. The molecule has 1 aromatic carbocycles. The second kappa shape index (κ2) is 4.21. The highest BCUT2D eigenvalue weighted by molar-refractivity contribution is 5.49. The molecule has 82 valence electrons. The van der Waals surface area contributed by atoms with Gasteiger partial charge in [0, 0.05) is 5.69 Å². The van der Waals surface area contributed by atoms with Crippen molar-refractivity contribution in [3.63, 3.8) is 0 Å². The zero-order valence-corrected chi connectivity index (χ0v) is 9.17. The van der Waals surface area contributed by atoms with Gasteiger partial charge in [-0.3, -0.25) is 0 Å². The van der Waals surface area contributed by atoms with Crippen LogP contribution >= 0.6 is 0 Å². The largest absolute Gasteiger partial charge is 0.398 e. The lowest BCUT2D eigenvalue weighted by Gasteiger charge is -2.29. The number of nitrogens with two attached hydrogens (primary N) is 1. The number of anilines is 1. The summed E-state index contributed by atoms with van der Waals surface area (Å²) in [5.41, 5.74) is 7.68. The zero-order valence-electron chi connectivity index (χ0n) is 9.17. The monoisotopic (exact) mass is 207 g/mol. The maximum atomic E-state index is 13.2. The number of rotatable bonds is 1. The summed E-state index contributed by atoms with van der Waals surface area (Å²) in [6, 6.07) is 4.74. The van der Waals surface area contributed by atoms with Crippen LogP contribution in [0.5, 0.6) is 0 Å². The van der Waals surface area contributed by atoms with Crippen molar-refractivity contribution in [2.24, 2.45) is 5.92 Å². The summed E-state index contributed by atoms with van der Waals surface area (Å²) in [6.07, 6.45) is 4.92. The molecule has 0 heterocycles. The molecular formula is C13H18FN. The lowest BCUT2D eigenvalue weighted by atomic mass is 9.76. The molecule has 0 spiro atoms. The van der Waals surface area contributed by atoms with Gasteiger partial charge >= 0.3 is 0 Å². The number of hydrogen-bond donors (Lipinski definition) is 1. The fourth-order valence-electron chi connectivity index (χ4n) is 2.65. The van der Waals surface area contributed by atoms with Crippen molar-refractivity contribution in [1.29, 1.82) is 0 Å². The Hall–Kier alpha value is -1.05. The molecular weight excluding hydrogens is 189 g/mol. The van der Waals surface area contributed by atoms with Gasteiger partial charge < -0.3 is 5.73 Å². The van der Waals surface area contributed by atoms with E-state index >= 15 is 0 Å². The Morgan fingerprint density at radius 1 is 1.27 bits per heavy atom. The van der Waals surface area contributed by atoms with Gasteiger partial charge in [0.15, 0.2) is 0 Å². The molecule has 0 bridgehead atoms. The first-order valence-corrected chi connectivity index (χ1v) is 5.73. The van der Waals surface area contributed by atoms with Crippen LogP contribution in [0.1, 0.15) is 44.1 Å². The molecule has 1 aliphatic rings. The van der Waals surface area contributed by atoms with E-state index in [9.17, 15) is 4.39 Å². The lowest BCUT2D eigenvalue weighted by molar-refractivity contribution is 0.330. The van der Waals surface area contributed by atoms with Gasteiger partial charge in [-0.15, -0.1) is 0 Å². The van der Waals surface area contributed by atoms with E-state index < -0.39 is 0 Å². The van der Waals surface area contributed by atoms with Crippen molar-refractivity contribution < 1.29 is 4.39 Å². The normalized spacial score (nSPS) is 26.5. The van der Waals surface area contributed by atoms with E-state index in [4.69, 9.17) is 5.73 Å². The van der Waals surface area contributed by atoms with Crippen LogP contribution in [0.4, 0.5) is 10.1 Å². The quantitative estimate of drug-likeness (QED) is 0.698. The highest BCUT2D eigenvalue weighted by Gasteiger charge is 2.24. The van der Waals surface area contributed by atoms with Gasteiger partial charge in [0.05, 0.1) is 0 Å². The Morgan fingerprint density at radius 3 is 2.73 bits per heavy atom. The maximum Gasteiger partial charge on any atom is 0.123 e. The molecule has 1 aromatic rings. The van der Waals surface area contributed by atoms with Gasteiger partial charge in [-0.1, -0.05) is 26.2 Å². The molecule has 0 saturated heterocycles. The van der Waals surface area contributed by atoms with Gasteiger partial charge in [-0.25, -0.2) is 4.39 Å². The van der Waals surface area contributed by atoms with Crippen LogP contribution in [0.15, 0.2) is 18.2 Å². The lowest BCUT2D eigenvalue weighted by Crippen LogP contribution is -2.16. The van der Waals surface area contributed by atoms with Gasteiger partial charge in [-0.2, -0.15) is 0 Å². The van der Waals surface area contributed by atoms with E-state index in [0.717, 1.165) is 17.7 Å². The number of hydrogen-bond acceptors (Lipinski definition) is 1. The Labute approximate surface area is 90.5 Å². The molecule has 0 radical (unpaired) electrons. The highest BCUT2D eigenvalue weighted by atomic mass is 19.1. The summed E-state index contributed by atoms with van der Waals surface area (Å²) >= 11 is 0. The molecule has 1 nitrogen and oxygen atoms in total. The summed E-state index contributed by atoms with van der Waals surface area (Å²) in [7, 11) is 0. The topological polar surface area (TPSA) is 26.0 Å². The van der Waals surface area contributed by atoms with Gasteiger partial charge in [-0.05, 0) is 42.0 Å². The van der Waals surface area contributed by atoms with Crippen LogP contribution in [0.3, 0.4) is 0 Å². The van der Waals surface area contributed by atoms with Crippen molar-refractivity contribution in [2.45, 2.75) is 38.5 Å². The molecule has 2 unspecified atom stereocenters. The smallest absolute Gasteiger partial charge is 0.123 e. The predicted octanol–water partition coefficient (Wildman–Crippen LogP) is 3.70. The van der Waals surface area contributed by atoms with Crippen molar-refractivity contribution in [2.75, 3.05) is 5.73 Å². The van der Waals surface area contributed by atoms with Gasteiger partial charge in [0.2, 0.25) is 0 Å². The first-order valence-electron chi connectivity index (χ1n) is 5.73. The fraction of sp³-hybridized carbons (Fsp3) is 0.538. The van der Waals surface area contributed by atoms with E-state index in [1.165, 1.54) is 25.3 Å². The van der Waals surface area contributed by atoms with Crippen molar-refractivity contribution in [3.8, 4) is 0 Å². The molecule has 2 rings (SSSR count). The Kier molecular flexibility index (Phi) is 2.94. The van der Waals surface area contributed by atoms with E-state index in [1.807, 2.05) is 0 Å². The van der Waals surface area contributed by atoms with Gasteiger partial charge in [0.1, 0.15) is 5.82 Å². The first-order chi connectivity index (χ1) is 7.18. The molecule has 15 heavy (non-hydrogen) atoms. The SMILES string of the molecule is CC1CCCCC1c1cc(F)ccc1N. The molecule has 1 saturated carbocycles. The van der Waals surface area contributed by atoms with Crippen molar-refractivity contribution >= 4 is 5.69 Å². The molecule has 1 fully saturated rings. The Morgan fingerprint density at radius 2 is 2.00 bits per heavy atom. The summed E-state index contributed by atoms with van der Waals surface area (Å²) in [5.74, 6) is 0.911. The Balaban J connectivity index is 2.30. The van der Waals surface area contributed by atoms with Crippen LogP contribution in [0.25, 0.3) is 0 Å². The van der Waals surface area contributed by atoms with E-state index in [2.05, 4.69) is 6.92 Å². The third-order valence-electron chi connectivity index (χ3n) is 3.56. The molecule has 2 atom stereocenters. The number of benzene rings is 1. The van der Waals surface area contributed by atoms with E-state index in [1.54, 1.807) is 12.1 Å². The molecule has 0 amide bonds. The van der Waals surface area contributed by atoms with Crippen molar-refractivity contribution in [1.82, 2.24) is 0 Å². The minimum absolute atomic E-state index is 0.169.